The van der Waals surface area contributed by atoms with Crippen LogP contribution in [0.15, 0.2) is 73.3 Å². The van der Waals surface area contributed by atoms with Crippen molar-refractivity contribution in [2.75, 3.05) is 11.1 Å². The highest BCUT2D eigenvalue weighted by Crippen LogP contribution is 2.32. The molecule has 3 aromatic heterocycles. The van der Waals surface area contributed by atoms with E-state index < -0.39 is 17.6 Å². The van der Waals surface area contributed by atoms with Crippen LogP contribution in [-0.2, 0) is 23.8 Å². The second-order valence-corrected chi connectivity index (χ2v) is 8.43. The van der Waals surface area contributed by atoms with E-state index >= 15 is 0 Å². The lowest BCUT2D eigenvalue weighted by molar-refractivity contribution is -0.137. The third-order valence-electron chi connectivity index (χ3n) is 6.03. The van der Waals surface area contributed by atoms with Crippen molar-refractivity contribution >= 4 is 23.6 Å². The molecule has 1 aliphatic rings. The number of benzene rings is 1. The summed E-state index contributed by atoms with van der Waals surface area (Å²) in [7, 11) is 0. The monoisotopic (exact) mass is 490 g/mol. The van der Waals surface area contributed by atoms with Crippen molar-refractivity contribution in [2.45, 2.75) is 24.9 Å². The van der Waals surface area contributed by atoms with Gasteiger partial charge >= 0.3 is 6.18 Å². The van der Waals surface area contributed by atoms with E-state index in [1.54, 1.807) is 30.7 Å². The number of pyridine rings is 2. The largest absolute Gasteiger partial charge is 0.416 e. The van der Waals surface area contributed by atoms with E-state index in [4.69, 9.17) is 5.73 Å². The van der Waals surface area contributed by atoms with Crippen LogP contribution in [0, 0.1) is 0 Å². The van der Waals surface area contributed by atoms with Crippen LogP contribution in [0.1, 0.15) is 28.4 Å². The van der Waals surface area contributed by atoms with Gasteiger partial charge in [0.15, 0.2) is 0 Å². The van der Waals surface area contributed by atoms with Gasteiger partial charge < -0.3 is 15.6 Å². The molecule has 0 saturated heterocycles. The van der Waals surface area contributed by atoms with E-state index in [0.717, 1.165) is 41.8 Å². The quantitative estimate of drug-likeness (QED) is 0.387. The molecule has 0 spiro atoms. The fourth-order valence-corrected chi connectivity index (χ4v) is 4.17. The Hall–Kier alpha value is -4.47. The van der Waals surface area contributed by atoms with Crippen LogP contribution in [0.5, 0.6) is 0 Å². The first kappa shape index (κ1) is 23.3. The number of rotatable bonds is 5. The molecule has 5 rings (SSSR count). The van der Waals surface area contributed by atoms with Crippen molar-refractivity contribution in [3.8, 4) is 11.3 Å². The Balaban J connectivity index is 1.29. The fourth-order valence-electron chi connectivity index (χ4n) is 4.17. The van der Waals surface area contributed by atoms with Crippen LogP contribution in [0.2, 0.25) is 0 Å². The van der Waals surface area contributed by atoms with Crippen molar-refractivity contribution in [3.63, 3.8) is 0 Å². The number of anilines is 2. The molecule has 182 valence electrons. The maximum Gasteiger partial charge on any atom is 0.416 e. The summed E-state index contributed by atoms with van der Waals surface area (Å²) < 4.78 is 40.7. The first-order valence-corrected chi connectivity index (χ1v) is 11.1. The van der Waals surface area contributed by atoms with E-state index in [0.29, 0.717) is 11.3 Å². The number of nitrogen functional groups attached to an aromatic ring is 1. The second kappa shape index (κ2) is 9.29. The molecule has 1 atom stereocenters. The van der Waals surface area contributed by atoms with E-state index in [1.165, 1.54) is 5.56 Å². The second-order valence-electron chi connectivity index (χ2n) is 8.43. The summed E-state index contributed by atoms with van der Waals surface area (Å²) in [5.41, 5.74) is 9.16. The number of nitrogens with zero attached hydrogens (tertiary/aromatic N) is 4. The van der Waals surface area contributed by atoms with E-state index in [-0.39, 0.29) is 18.2 Å². The minimum Gasteiger partial charge on any atom is -0.398 e. The standard InChI is InChI=1S/C26H21F3N6O/c27-26(28,29)20-5-9-32-23(14-20)34-25(36)13-18-1-2-19(11-21(18)30)22-15-33-24-12-17(6-10-35(22)24)16-3-7-31-8-4-16/h1-11,14-15,17H,12-13,30H2,(H,32,34,36). The molecule has 4 aromatic rings. The summed E-state index contributed by atoms with van der Waals surface area (Å²) in [6.07, 6.45) is 6.57. The minimum absolute atomic E-state index is 0.109. The molecule has 1 aliphatic heterocycles. The zero-order chi connectivity index (χ0) is 25.3. The van der Waals surface area contributed by atoms with Crippen molar-refractivity contribution in [1.29, 1.82) is 0 Å². The maximum atomic E-state index is 12.9. The van der Waals surface area contributed by atoms with Gasteiger partial charge in [-0.25, -0.2) is 9.97 Å². The first-order chi connectivity index (χ1) is 17.3. The predicted molar refractivity (Wildman–Crippen MR) is 130 cm³/mol. The number of hydrogen-bond acceptors (Lipinski definition) is 5. The Labute approximate surface area is 204 Å². The topological polar surface area (TPSA) is 98.7 Å². The number of nitrogens with one attached hydrogen (secondary N) is 1. The van der Waals surface area contributed by atoms with Gasteiger partial charge in [0, 0.05) is 48.4 Å². The molecule has 0 fully saturated rings. The third kappa shape index (κ3) is 4.83. The summed E-state index contributed by atoms with van der Waals surface area (Å²) >= 11 is 0. The number of carbonyl (C=O) groups is 1. The first-order valence-electron chi connectivity index (χ1n) is 11.1. The lowest BCUT2D eigenvalue weighted by Crippen LogP contribution is -2.17. The van der Waals surface area contributed by atoms with Gasteiger partial charge in [-0.1, -0.05) is 18.2 Å². The lowest BCUT2D eigenvalue weighted by atomic mass is 9.94. The smallest absolute Gasteiger partial charge is 0.398 e. The van der Waals surface area contributed by atoms with Crippen LogP contribution < -0.4 is 11.1 Å². The Morgan fingerprint density at radius 1 is 1.08 bits per heavy atom. The highest BCUT2D eigenvalue weighted by atomic mass is 19.4. The number of aromatic nitrogens is 4. The van der Waals surface area contributed by atoms with Gasteiger partial charge in [-0.2, -0.15) is 13.2 Å². The highest BCUT2D eigenvalue weighted by molar-refractivity contribution is 5.92. The molecule has 10 heteroatoms. The Bertz CT molecular complexity index is 1450. The number of amides is 1. The normalized spacial score (nSPS) is 14.9. The fraction of sp³-hybridized carbons (Fsp3) is 0.154. The van der Waals surface area contributed by atoms with Crippen molar-refractivity contribution in [3.05, 3.63) is 95.8 Å². The SMILES string of the molecule is Nc1cc(-c2cnc3n2C=CC(c2ccncc2)C3)ccc1CC(=O)Nc1cc(C(F)(F)F)ccn1. The number of nitrogens with two attached hydrogens (primary N) is 1. The number of hydrogen-bond donors (Lipinski definition) is 2. The summed E-state index contributed by atoms with van der Waals surface area (Å²) in [4.78, 5) is 24.9. The zero-order valence-corrected chi connectivity index (χ0v) is 18.9. The van der Waals surface area contributed by atoms with Crippen LogP contribution in [0.25, 0.3) is 17.5 Å². The van der Waals surface area contributed by atoms with Gasteiger partial charge in [-0.3, -0.25) is 9.78 Å². The van der Waals surface area contributed by atoms with Crippen LogP contribution in [0.3, 0.4) is 0 Å². The molecule has 36 heavy (non-hydrogen) atoms. The van der Waals surface area contributed by atoms with Crippen LogP contribution in [-0.4, -0.2) is 25.4 Å². The third-order valence-corrected chi connectivity index (χ3v) is 6.03. The number of allylic oxidation sites excluding steroid dienone is 1. The van der Waals surface area contributed by atoms with E-state index in [1.807, 2.05) is 29.0 Å². The summed E-state index contributed by atoms with van der Waals surface area (Å²) in [6.45, 7) is 0. The molecule has 1 unspecified atom stereocenters. The van der Waals surface area contributed by atoms with Gasteiger partial charge in [-0.15, -0.1) is 0 Å². The maximum absolute atomic E-state index is 12.9. The highest BCUT2D eigenvalue weighted by Gasteiger charge is 2.31. The average Bonchev–Trinajstić information content (AvgIpc) is 3.29. The van der Waals surface area contributed by atoms with Crippen molar-refractivity contribution in [1.82, 2.24) is 19.5 Å². The number of imidazole rings is 1. The van der Waals surface area contributed by atoms with Crippen molar-refractivity contribution < 1.29 is 18.0 Å². The Morgan fingerprint density at radius 3 is 2.64 bits per heavy atom. The zero-order valence-electron chi connectivity index (χ0n) is 18.9. The molecule has 0 aliphatic carbocycles. The lowest BCUT2D eigenvalue weighted by Gasteiger charge is -2.19. The summed E-state index contributed by atoms with van der Waals surface area (Å²) in [5.74, 6) is 0.443. The predicted octanol–water partition coefficient (Wildman–Crippen LogP) is 4.93. The number of carbonyl (C=O) groups excluding carboxylic acids is 1. The number of alkyl halides is 3. The van der Waals surface area contributed by atoms with Crippen LogP contribution in [0.4, 0.5) is 24.7 Å². The molecule has 0 bridgehead atoms. The van der Waals surface area contributed by atoms with Crippen LogP contribution >= 0.6 is 0 Å². The number of fused-ring (bicyclic) bond motifs is 1. The molecular weight excluding hydrogens is 469 g/mol. The van der Waals surface area contributed by atoms with E-state index in [2.05, 4.69) is 26.3 Å². The summed E-state index contributed by atoms with van der Waals surface area (Å²) in [6, 6.07) is 11.0. The van der Waals surface area contributed by atoms with Gasteiger partial charge in [-0.05, 0) is 41.5 Å². The molecule has 1 amide bonds. The molecule has 1 aromatic carbocycles. The molecule has 7 nitrogen and oxygen atoms in total. The van der Waals surface area contributed by atoms with E-state index in [9.17, 15) is 18.0 Å². The Kier molecular flexibility index (Phi) is 6.01. The number of halogens is 3. The Morgan fingerprint density at radius 2 is 1.89 bits per heavy atom. The van der Waals surface area contributed by atoms with Gasteiger partial charge in [0.25, 0.3) is 0 Å². The average molecular weight is 490 g/mol. The molecular formula is C26H21F3N6O. The minimum atomic E-state index is -4.52. The van der Waals surface area contributed by atoms with Gasteiger partial charge in [0.05, 0.1) is 23.9 Å². The summed E-state index contributed by atoms with van der Waals surface area (Å²) in [5, 5.41) is 2.40. The van der Waals surface area contributed by atoms with Crippen molar-refractivity contribution in [2.24, 2.45) is 0 Å². The molecule has 3 N–H and O–H groups in total. The molecule has 0 radical (unpaired) electrons. The van der Waals surface area contributed by atoms with Gasteiger partial charge in [0.2, 0.25) is 5.91 Å². The van der Waals surface area contributed by atoms with Gasteiger partial charge in [0.1, 0.15) is 11.6 Å². The molecule has 4 heterocycles. The molecule has 0 saturated carbocycles.